The highest BCUT2D eigenvalue weighted by Gasteiger charge is 2.35. The summed E-state index contributed by atoms with van der Waals surface area (Å²) in [5.74, 6) is 0.643. The van der Waals surface area contributed by atoms with E-state index in [1.165, 1.54) is 51.4 Å². The van der Waals surface area contributed by atoms with Crippen LogP contribution in [-0.2, 0) is 0 Å². The topological polar surface area (TPSA) is 49.5 Å². The van der Waals surface area contributed by atoms with Crippen molar-refractivity contribution in [3.8, 4) is 0 Å². The molecule has 0 aromatic carbocycles. The average Bonchev–Trinajstić information content (AvgIpc) is 2.66. The van der Waals surface area contributed by atoms with Crippen LogP contribution < -0.4 is 5.73 Å². The molecule has 2 aliphatic rings. The number of likely N-dealkylation sites (N-methyl/N-ethyl adjacent to an activating group) is 1. The Morgan fingerprint density at radius 1 is 0.947 bits per heavy atom. The van der Waals surface area contributed by atoms with E-state index in [0.717, 1.165) is 19.5 Å². The number of nitrogens with zero attached hydrogens (tertiary/aromatic N) is 1. The van der Waals surface area contributed by atoms with Gasteiger partial charge in [-0.2, -0.15) is 0 Å². The predicted molar refractivity (Wildman–Crippen MR) is 80.1 cm³/mol. The van der Waals surface area contributed by atoms with Gasteiger partial charge in [0.15, 0.2) is 0 Å². The Bertz CT molecular complexity index is 257. The molecule has 0 spiro atoms. The van der Waals surface area contributed by atoms with Crippen LogP contribution in [0.3, 0.4) is 0 Å². The zero-order valence-corrected chi connectivity index (χ0v) is 12.6. The van der Waals surface area contributed by atoms with Crippen molar-refractivity contribution in [2.45, 2.75) is 82.9 Å². The van der Waals surface area contributed by atoms with Crippen molar-refractivity contribution < 1.29 is 5.11 Å². The van der Waals surface area contributed by atoms with Gasteiger partial charge in [0.2, 0.25) is 0 Å². The lowest BCUT2D eigenvalue weighted by Crippen LogP contribution is -2.53. The van der Waals surface area contributed by atoms with Gasteiger partial charge in [-0.15, -0.1) is 0 Å². The molecule has 2 saturated carbocycles. The number of aliphatic hydroxyl groups is 1. The van der Waals surface area contributed by atoms with Crippen molar-refractivity contribution >= 4 is 0 Å². The second kappa shape index (κ2) is 7.61. The molecule has 19 heavy (non-hydrogen) atoms. The van der Waals surface area contributed by atoms with E-state index in [1.807, 2.05) is 0 Å². The van der Waals surface area contributed by atoms with E-state index in [-0.39, 0.29) is 6.10 Å². The summed E-state index contributed by atoms with van der Waals surface area (Å²) < 4.78 is 0. The summed E-state index contributed by atoms with van der Waals surface area (Å²) >= 11 is 0. The molecule has 2 aliphatic carbocycles. The van der Waals surface area contributed by atoms with Crippen LogP contribution in [-0.4, -0.2) is 41.3 Å². The molecule has 0 aromatic heterocycles. The Hall–Kier alpha value is -0.120. The summed E-state index contributed by atoms with van der Waals surface area (Å²) in [7, 11) is 0. The molecule has 0 amide bonds. The summed E-state index contributed by atoms with van der Waals surface area (Å²) in [6.07, 6.45) is 11.0. The minimum atomic E-state index is -0.122. The van der Waals surface area contributed by atoms with Gasteiger partial charge in [0.25, 0.3) is 0 Å². The standard InChI is InChI=1S/C16H32N2O/c1-2-18(14-9-7-6-8-13(14)12-17)15-10-4-3-5-11-16(15)19/h13-16,19H,2-12,17H2,1H3. The van der Waals surface area contributed by atoms with Crippen molar-refractivity contribution in [2.24, 2.45) is 11.7 Å². The van der Waals surface area contributed by atoms with Crippen molar-refractivity contribution in [3.05, 3.63) is 0 Å². The molecule has 0 aromatic rings. The summed E-state index contributed by atoms with van der Waals surface area (Å²) in [5, 5.41) is 10.5. The van der Waals surface area contributed by atoms with E-state index >= 15 is 0 Å². The van der Waals surface area contributed by atoms with Crippen LogP contribution in [0.2, 0.25) is 0 Å². The van der Waals surface area contributed by atoms with Gasteiger partial charge in [-0.25, -0.2) is 0 Å². The zero-order chi connectivity index (χ0) is 13.7. The van der Waals surface area contributed by atoms with E-state index in [1.54, 1.807) is 0 Å². The smallest absolute Gasteiger partial charge is 0.0695 e. The summed E-state index contributed by atoms with van der Waals surface area (Å²) in [5.41, 5.74) is 5.99. The molecule has 4 unspecified atom stereocenters. The van der Waals surface area contributed by atoms with Gasteiger partial charge in [0.05, 0.1) is 6.10 Å². The SMILES string of the molecule is CCN(C1CCCCCC1O)C1CCCCC1CN. The Balaban J connectivity index is 2.07. The molecular formula is C16H32N2O. The number of nitrogens with two attached hydrogens (primary N) is 1. The predicted octanol–water partition coefficient (Wildman–Crippen LogP) is 2.52. The number of rotatable bonds is 4. The first kappa shape index (κ1) is 15.3. The minimum Gasteiger partial charge on any atom is -0.391 e. The van der Waals surface area contributed by atoms with Crippen LogP contribution >= 0.6 is 0 Å². The molecule has 0 radical (unpaired) electrons. The molecular weight excluding hydrogens is 236 g/mol. The maximum Gasteiger partial charge on any atom is 0.0695 e. The molecule has 0 aliphatic heterocycles. The molecule has 0 heterocycles. The quantitative estimate of drug-likeness (QED) is 0.770. The molecule has 0 bridgehead atoms. The molecule has 3 N–H and O–H groups in total. The first-order valence-electron chi connectivity index (χ1n) is 8.41. The maximum atomic E-state index is 10.5. The lowest BCUT2D eigenvalue weighted by Gasteiger charge is -2.44. The zero-order valence-electron chi connectivity index (χ0n) is 12.6. The second-order valence-electron chi connectivity index (χ2n) is 6.45. The third-order valence-corrected chi connectivity index (χ3v) is 5.33. The van der Waals surface area contributed by atoms with Crippen LogP contribution in [0.25, 0.3) is 0 Å². The monoisotopic (exact) mass is 268 g/mol. The Morgan fingerprint density at radius 3 is 2.32 bits per heavy atom. The summed E-state index contributed by atoms with van der Waals surface area (Å²) in [4.78, 5) is 2.60. The van der Waals surface area contributed by atoms with E-state index in [9.17, 15) is 5.11 Å². The van der Waals surface area contributed by atoms with Crippen LogP contribution in [0, 0.1) is 5.92 Å². The lowest BCUT2D eigenvalue weighted by atomic mass is 9.82. The third kappa shape index (κ3) is 3.71. The minimum absolute atomic E-state index is 0.122. The van der Waals surface area contributed by atoms with Crippen molar-refractivity contribution in [1.82, 2.24) is 4.90 Å². The molecule has 2 rings (SSSR count). The van der Waals surface area contributed by atoms with Crippen molar-refractivity contribution in [1.29, 1.82) is 0 Å². The Labute approximate surface area is 118 Å². The summed E-state index contributed by atoms with van der Waals surface area (Å²) in [6, 6.07) is 0.992. The number of hydrogen-bond donors (Lipinski definition) is 2. The highest BCUT2D eigenvalue weighted by atomic mass is 16.3. The molecule has 3 nitrogen and oxygen atoms in total. The fraction of sp³-hybridized carbons (Fsp3) is 1.00. The first-order chi connectivity index (χ1) is 9.27. The first-order valence-corrected chi connectivity index (χ1v) is 8.41. The Kier molecular flexibility index (Phi) is 6.11. The van der Waals surface area contributed by atoms with Gasteiger partial charge in [-0.1, -0.05) is 39.0 Å². The van der Waals surface area contributed by atoms with Crippen molar-refractivity contribution in [3.63, 3.8) is 0 Å². The van der Waals surface area contributed by atoms with Crippen LogP contribution in [0.15, 0.2) is 0 Å². The molecule has 112 valence electrons. The third-order valence-electron chi connectivity index (χ3n) is 5.33. The van der Waals surface area contributed by atoms with Gasteiger partial charge in [0.1, 0.15) is 0 Å². The lowest BCUT2D eigenvalue weighted by molar-refractivity contribution is -0.00394. The summed E-state index contributed by atoms with van der Waals surface area (Å²) in [6.45, 7) is 4.12. The Morgan fingerprint density at radius 2 is 1.58 bits per heavy atom. The number of aliphatic hydroxyl groups excluding tert-OH is 1. The van der Waals surface area contributed by atoms with Crippen LogP contribution in [0.1, 0.15) is 64.7 Å². The van der Waals surface area contributed by atoms with E-state index in [4.69, 9.17) is 5.73 Å². The van der Waals surface area contributed by atoms with E-state index in [2.05, 4.69) is 11.8 Å². The van der Waals surface area contributed by atoms with E-state index < -0.39 is 0 Å². The van der Waals surface area contributed by atoms with Gasteiger partial charge < -0.3 is 10.8 Å². The average molecular weight is 268 g/mol. The van der Waals surface area contributed by atoms with Gasteiger partial charge in [0, 0.05) is 12.1 Å². The molecule has 4 atom stereocenters. The maximum absolute atomic E-state index is 10.5. The van der Waals surface area contributed by atoms with Crippen molar-refractivity contribution in [2.75, 3.05) is 13.1 Å². The van der Waals surface area contributed by atoms with Crippen LogP contribution in [0.4, 0.5) is 0 Å². The van der Waals surface area contributed by atoms with Crippen LogP contribution in [0.5, 0.6) is 0 Å². The van der Waals surface area contributed by atoms with Gasteiger partial charge in [-0.3, -0.25) is 4.90 Å². The highest BCUT2D eigenvalue weighted by Crippen LogP contribution is 2.32. The van der Waals surface area contributed by atoms with E-state index in [0.29, 0.717) is 18.0 Å². The molecule has 0 saturated heterocycles. The molecule has 3 heteroatoms. The fourth-order valence-electron chi connectivity index (χ4n) is 4.27. The molecule has 2 fully saturated rings. The fourth-order valence-corrected chi connectivity index (χ4v) is 4.27. The highest BCUT2D eigenvalue weighted by molar-refractivity contribution is 4.90. The largest absolute Gasteiger partial charge is 0.391 e. The number of hydrogen-bond acceptors (Lipinski definition) is 3. The normalized spacial score (nSPS) is 37.3. The van der Waals surface area contributed by atoms with Gasteiger partial charge in [-0.05, 0) is 44.7 Å². The second-order valence-corrected chi connectivity index (χ2v) is 6.45. The van der Waals surface area contributed by atoms with Gasteiger partial charge >= 0.3 is 0 Å².